The highest BCUT2D eigenvalue weighted by molar-refractivity contribution is 7.92. The van der Waals surface area contributed by atoms with E-state index in [9.17, 15) is 13.2 Å². The third-order valence-electron chi connectivity index (χ3n) is 4.06. The van der Waals surface area contributed by atoms with Gasteiger partial charge < -0.3 is 10.1 Å². The summed E-state index contributed by atoms with van der Waals surface area (Å²) in [5.74, 6) is -0.363. The van der Waals surface area contributed by atoms with Crippen molar-refractivity contribution < 1.29 is 17.9 Å². The topological polar surface area (TPSA) is 84.5 Å². The highest BCUT2D eigenvalue weighted by atomic mass is 35.5. The van der Waals surface area contributed by atoms with Gasteiger partial charge in [0.15, 0.2) is 0 Å². The van der Waals surface area contributed by atoms with Crippen LogP contribution < -0.4 is 10.0 Å². The van der Waals surface area contributed by atoms with Gasteiger partial charge in [-0.15, -0.1) is 0 Å². The fraction of sp³-hybridized carbons (Fsp3) is 0.278. The zero-order chi connectivity index (χ0) is 18.6. The third-order valence-corrected chi connectivity index (χ3v) is 5.92. The molecule has 1 fully saturated rings. The van der Waals surface area contributed by atoms with Crippen molar-refractivity contribution in [3.63, 3.8) is 0 Å². The van der Waals surface area contributed by atoms with Crippen LogP contribution in [-0.4, -0.2) is 33.6 Å². The molecule has 0 unspecified atom stereocenters. The van der Waals surface area contributed by atoms with E-state index in [0.29, 0.717) is 13.2 Å². The number of benzene rings is 2. The van der Waals surface area contributed by atoms with Crippen molar-refractivity contribution in [3.8, 4) is 0 Å². The van der Waals surface area contributed by atoms with E-state index in [0.717, 1.165) is 12.8 Å². The van der Waals surface area contributed by atoms with Crippen LogP contribution in [0.2, 0.25) is 5.02 Å². The number of ether oxygens (including phenoxy) is 1. The van der Waals surface area contributed by atoms with Gasteiger partial charge in [0.05, 0.1) is 22.4 Å². The highest BCUT2D eigenvalue weighted by Gasteiger charge is 2.22. The van der Waals surface area contributed by atoms with Crippen molar-refractivity contribution in [1.82, 2.24) is 5.32 Å². The molecule has 3 rings (SSSR count). The largest absolute Gasteiger partial charge is 0.376 e. The minimum Gasteiger partial charge on any atom is -0.376 e. The predicted molar refractivity (Wildman–Crippen MR) is 100 cm³/mol. The molecule has 8 heteroatoms. The second-order valence-electron chi connectivity index (χ2n) is 5.93. The summed E-state index contributed by atoms with van der Waals surface area (Å²) >= 11 is 5.99. The van der Waals surface area contributed by atoms with E-state index in [1.54, 1.807) is 30.3 Å². The average Bonchev–Trinajstić information content (AvgIpc) is 3.13. The Hall–Kier alpha value is -2.09. The summed E-state index contributed by atoms with van der Waals surface area (Å²) in [4.78, 5) is 12.4. The van der Waals surface area contributed by atoms with Crippen LogP contribution in [0, 0.1) is 0 Å². The number of carbonyl (C=O) groups is 1. The third kappa shape index (κ3) is 4.35. The fourth-order valence-corrected chi connectivity index (χ4v) is 4.34. The molecular weight excluding hydrogens is 376 g/mol. The maximum atomic E-state index is 12.6. The van der Waals surface area contributed by atoms with Crippen molar-refractivity contribution in [2.24, 2.45) is 0 Å². The quantitative estimate of drug-likeness (QED) is 0.788. The van der Waals surface area contributed by atoms with Gasteiger partial charge in [0, 0.05) is 13.2 Å². The van der Waals surface area contributed by atoms with Gasteiger partial charge in [-0.25, -0.2) is 8.42 Å². The summed E-state index contributed by atoms with van der Waals surface area (Å²) in [7, 11) is -3.92. The van der Waals surface area contributed by atoms with Crippen molar-refractivity contribution in [2.75, 3.05) is 17.9 Å². The monoisotopic (exact) mass is 394 g/mol. The molecule has 2 N–H and O–H groups in total. The number of sulfonamides is 1. The molecule has 0 aromatic heterocycles. The standard InChI is InChI=1S/C18H19ClN2O4S/c19-15-8-2-4-10-17(15)26(23,24)21-16-9-3-1-7-14(16)18(22)20-12-13-6-5-11-25-13/h1-4,7-10,13,21H,5-6,11-12H2,(H,20,22)/t13-/m1/s1. The molecular formula is C18H19ClN2O4S. The molecule has 1 saturated heterocycles. The fourth-order valence-electron chi connectivity index (χ4n) is 2.74. The number of hydrogen-bond donors (Lipinski definition) is 2. The van der Waals surface area contributed by atoms with E-state index < -0.39 is 10.0 Å². The first-order valence-electron chi connectivity index (χ1n) is 8.23. The lowest BCUT2D eigenvalue weighted by Gasteiger charge is -2.15. The lowest BCUT2D eigenvalue weighted by Crippen LogP contribution is -2.32. The molecule has 1 aliphatic rings. The molecule has 1 atom stereocenters. The Kier molecular flexibility index (Phi) is 5.80. The Bertz CT molecular complexity index is 896. The van der Waals surface area contributed by atoms with E-state index in [1.807, 2.05) is 0 Å². The van der Waals surface area contributed by atoms with Crippen molar-refractivity contribution in [3.05, 3.63) is 59.1 Å². The number of halogens is 1. The molecule has 2 aromatic carbocycles. The minimum absolute atomic E-state index is 0.00549. The number of para-hydroxylation sites is 1. The highest BCUT2D eigenvalue weighted by Crippen LogP contribution is 2.25. The zero-order valence-corrected chi connectivity index (χ0v) is 15.5. The lowest BCUT2D eigenvalue weighted by atomic mass is 10.1. The smallest absolute Gasteiger partial charge is 0.263 e. The van der Waals surface area contributed by atoms with Gasteiger partial charge in [0.1, 0.15) is 4.90 Å². The van der Waals surface area contributed by atoms with Crippen LogP contribution in [0.1, 0.15) is 23.2 Å². The van der Waals surface area contributed by atoms with E-state index in [2.05, 4.69) is 10.0 Å². The zero-order valence-electron chi connectivity index (χ0n) is 13.9. The Balaban J connectivity index is 1.78. The molecule has 0 bridgehead atoms. The van der Waals surface area contributed by atoms with Crippen molar-refractivity contribution in [1.29, 1.82) is 0 Å². The SMILES string of the molecule is O=C(NC[C@H]1CCCO1)c1ccccc1NS(=O)(=O)c1ccccc1Cl. The van der Waals surface area contributed by atoms with Crippen LogP contribution in [0.4, 0.5) is 5.69 Å². The van der Waals surface area contributed by atoms with Crippen molar-refractivity contribution in [2.45, 2.75) is 23.8 Å². The number of anilines is 1. The van der Waals surface area contributed by atoms with Crippen LogP contribution >= 0.6 is 11.6 Å². The van der Waals surface area contributed by atoms with Crippen LogP contribution in [0.3, 0.4) is 0 Å². The van der Waals surface area contributed by atoms with Crippen LogP contribution in [-0.2, 0) is 14.8 Å². The van der Waals surface area contributed by atoms with E-state index in [4.69, 9.17) is 16.3 Å². The minimum atomic E-state index is -3.92. The van der Waals surface area contributed by atoms with Crippen molar-refractivity contribution >= 4 is 33.2 Å². The summed E-state index contributed by atoms with van der Waals surface area (Å²) in [6.45, 7) is 1.10. The van der Waals surface area contributed by atoms with Crippen LogP contribution in [0.5, 0.6) is 0 Å². The van der Waals surface area contributed by atoms with Gasteiger partial charge in [-0.05, 0) is 37.1 Å². The van der Waals surface area contributed by atoms with E-state index >= 15 is 0 Å². The van der Waals surface area contributed by atoms with Gasteiger partial charge in [-0.3, -0.25) is 9.52 Å². The van der Waals surface area contributed by atoms with Crippen LogP contribution in [0.15, 0.2) is 53.4 Å². The predicted octanol–water partition coefficient (Wildman–Crippen LogP) is 3.05. The second kappa shape index (κ2) is 8.07. The number of hydrogen-bond acceptors (Lipinski definition) is 4. The van der Waals surface area contributed by atoms with Gasteiger partial charge in [-0.1, -0.05) is 35.9 Å². The van der Waals surface area contributed by atoms with Gasteiger partial charge in [0.2, 0.25) is 0 Å². The van der Waals surface area contributed by atoms with Gasteiger partial charge in [0.25, 0.3) is 15.9 Å². The molecule has 0 radical (unpaired) electrons. The first-order valence-corrected chi connectivity index (χ1v) is 10.1. The summed E-state index contributed by atoms with van der Waals surface area (Å²) in [6, 6.07) is 12.6. The molecule has 2 aromatic rings. The maximum Gasteiger partial charge on any atom is 0.263 e. The second-order valence-corrected chi connectivity index (χ2v) is 7.98. The normalized spacial score (nSPS) is 17.0. The maximum absolute atomic E-state index is 12.6. The van der Waals surface area contributed by atoms with Gasteiger partial charge >= 0.3 is 0 Å². The Labute approximate surface area is 157 Å². The summed E-state index contributed by atoms with van der Waals surface area (Å²) < 4.78 is 33.2. The number of amides is 1. The first kappa shape index (κ1) is 18.7. The molecule has 1 heterocycles. The molecule has 1 amide bonds. The molecule has 26 heavy (non-hydrogen) atoms. The van der Waals surface area contributed by atoms with E-state index in [1.165, 1.54) is 18.2 Å². The molecule has 6 nitrogen and oxygen atoms in total. The van der Waals surface area contributed by atoms with Crippen LogP contribution in [0.25, 0.3) is 0 Å². The Morgan fingerprint density at radius 1 is 1.15 bits per heavy atom. The Morgan fingerprint density at radius 2 is 1.88 bits per heavy atom. The Morgan fingerprint density at radius 3 is 2.62 bits per heavy atom. The molecule has 0 aliphatic carbocycles. The molecule has 1 aliphatic heterocycles. The number of rotatable bonds is 6. The van der Waals surface area contributed by atoms with E-state index in [-0.39, 0.29) is 33.2 Å². The molecule has 138 valence electrons. The number of nitrogens with one attached hydrogen (secondary N) is 2. The van der Waals surface area contributed by atoms with Gasteiger partial charge in [-0.2, -0.15) is 0 Å². The average molecular weight is 395 g/mol. The molecule has 0 saturated carbocycles. The number of carbonyl (C=O) groups excluding carboxylic acids is 1. The summed E-state index contributed by atoms with van der Waals surface area (Å²) in [5.41, 5.74) is 0.429. The molecule has 0 spiro atoms. The summed E-state index contributed by atoms with van der Waals surface area (Å²) in [5, 5.41) is 2.90. The lowest BCUT2D eigenvalue weighted by molar-refractivity contribution is 0.0858. The summed E-state index contributed by atoms with van der Waals surface area (Å²) in [6.07, 6.45) is 1.89. The first-order chi connectivity index (χ1) is 12.5.